The summed E-state index contributed by atoms with van der Waals surface area (Å²) in [6, 6.07) is 7.43. The first-order valence-corrected chi connectivity index (χ1v) is 5.03. The average Bonchev–Trinajstić information content (AvgIpc) is 2.18. The molecule has 2 nitrogen and oxygen atoms in total. The summed E-state index contributed by atoms with van der Waals surface area (Å²) in [5.74, 6) is 0. The Balaban J connectivity index is 2.94. The van der Waals surface area contributed by atoms with Crippen LogP contribution in [0.25, 0.3) is 10.8 Å². The first-order valence-electron chi connectivity index (χ1n) is 3.86. The van der Waals surface area contributed by atoms with Gasteiger partial charge in [-0.3, -0.25) is 0 Å². The van der Waals surface area contributed by atoms with Gasteiger partial charge < -0.3 is 0 Å². The van der Waals surface area contributed by atoms with Gasteiger partial charge in [0.1, 0.15) is 11.8 Å². The van der Waals surface area contributed by atoms with Gasteiger partial charge in [-0.05, 0) is 28.1 Å². The number of aromatic nitrogens is 1. The van der Waals surface area contributed by atoms with Crippen molar-refractivity contribution < 1.29 is 0 Å². The topological polar surface area (TPSA) is 36.7 Å². The van der Waals surface area contributed by atoms with E-state index in [1.807, 2.05) is 12.1 Å². The molecule has 1 aromatic carbocycles. The fourth-order valence-electron chi connectivity index (χ4n) is 1.27. The lowest BCUT2D eigenvalue weighted by atomic mass is 10.1. The van der Waals surface area contributed by atoms with Crippen LogP contribution in [0.4, 0.5) is 0 Å². The summed E-state index contributed by atoms with van der Waals surface area (Å²) in [5.41, 5.74) is 0.394. The lowest BCUT2D eigenvalue weighted by molar-refractivity contribution is 1.28. The molecule has 0 atom stereocenters. The summed E-state index contributed by atoms with van der Waals surface area (Å²) in [5, 5.41) is 11.2. The van der Waals surface area contributed by atoms with Gasteiger partial charge in [-0.1, -0.05) is 17.7 Å². The van der Waals surface area contributed by atoms with Gasteiger partial charge in [0.05, 0.1) is 0 Å². The largest absolute Gasteiger partial charge is 0.244 e. The van der Waals surface area contributed by atoms with E-state index < -0.39 is 0 Å². The Morgan fingerprint density at radius 1 is 1.36 bits per heavy atom. The van der Waals surface area contributed by atoms with Gasteiger partial charge in [0.25, 0.3) is 0 Å². The molecule has 0 aliphatic heterocycles. The number of halogens is 2. The summed E-state index contributed by atoms with van der Waals surface area (Å²) in [6.07, 6.45) is 1.62. The van der Waals surface area contributed by atoms with Crippen molar-refractivity contribution in [1.29, 1.82) is 5.26 Å². The average molecular weight is 268 g/mol. The van der Waals surface area contributed by atoms with Gasteiger partial charge in [0.15, 0.2) is 0 Å². The van der Waals surface area contributed by atoms with Crippen LogP contribution >= 0.6 is 27.5 Å². The van der Waals surface area contributed by atoms with E-state index in [0.29, 0.717) is 10.7 Å². The molecule has 2 aromatic rings. The molecule has 4 heteroatoms. The number of pyridine rings is 1. The van der Waals surface area contributed by atoms with Crippen LogP contribution in [0.1, 0.15) is 5.69 Å². The molecule has 68 valence electrons. The van der Waals surface area contributed by atoms with Crippen LogP contribution in [-0.4, -0.2) is 4.98 Å². The minimum atomic E-state index is 0.394. The second kappa shape index (κ2) is 3.56. The van der Waals surface area contributed by atoms with Crippen molar-refractivity contribution in [2.24, 2.45) is 0 Å². The molecule has 0 amide bonds. The first-order chi connectivity index (χ1) is 6.72. The number of benzene rings is 1. The van der Waals surface area contributed by atoms with Gasteiger partial charge in [-0.15, -0.1) is 0 Å². The smallest absolute Gasteiger partial charge is 0.148 e. The lowest BCUT2D eigenvalue weighted by Crippen LogP contribution is -1.86. The molecule has 14 heavy (non-hydrogen) atoms. The first kappa shape index (κ1) is 9.45. The summed E-state index contributed by atoms with van der Waals surface area (Å²) >= 11 is 9.22. The van der Waals surface area contributed by atoms with Crippen molar-refractivity contribution >= 4 is 38.3 Å². The maximum atomic E-state index is 8.85. The quantitative estimate of drug-likeness (QED) is 0.732. The summed E-state index contributed by atoms with van der Waals surface area (Å²) in [7, 11) is 0. The molecule has 0 aliphatic rings. The van der Waals surface area contributed by atoms with Crippen molar-refractivity contribution in [3.05, 3.63) is 39.6 Å². The fourth-order valence-corrected chi connectivity index (χ4v) is 1.89. The normalized spacial score (nSPS) is 10.1. The number of rotatable bonds is 0. The van der Waals surface area contributed by atoms with Crippen molar-refractivity contribution in [2.75, 3.05) is 0 Å². The Hall–Kier alpha value is -1.11. The molecular weight excluding hydrogens is 263 g/mol. The van der Waals surface area contributed by atoms with E-state index >= 15 is 0 Å². The minimum Gasteiger partial charge on any atom is -0.244 e. The predicted molar refractivity (Wildman–Crippen MR) is 59.2 cm³/mol. The standard InChI is InChI=1S/C10H4BrClN2/c11-9-5-14-10(4-13)8-3-6(12)1-2-7(8)9/h1-3,5H. The molecule has 0 bridgehead atoms. The lowest BCUT2D eigenvalue weighted by Gasteiger charge is -2.01. The third-order valence-corrected chi connectivity index (χ3v) is 2.77. The molecular formula is C10H4BrClN2. The summed E-state index contributed by atoms with van der Waals surface area (Å²) in [6.45, 7) is 0. The van der Waals surface area contributed by atoms with E-state index in [1.54, 1.807) is 18.3 Å². The Morgan fingerprint density at radius 3 is 2.86 bits per heavy atom. The second-order valence-electron chi connectivity index (χ2n) is 2.76. The van der Waals surface area contributed by atoms with E-state index in [0.717, 1.165) is 15.2 Å². The predicted octanol–water partition coefficient (Wildman–Crippen LogP) is 3.52. The van der Waals surface area contributed by atoms with Crippen LogP contribution in [0.3, 0.4) is 0 Å². The van der Waals surface area contributed by atoms with Gasteiger partial charge in [-0.2, -0.15) is 5.26 Å². The van der Waals surface area contributed by atoms with Gasteiger partial charge in [-0.25, -0.2) is 4.98 Å². The fraction of sp³-hybridized carbons (Fsp3) is 0. The van der Waals surface area contributed by atoms with Crippen molar-refractivity contribution in [3.8, 4) is 6.07 Å². The summed E-state index contributed by atoms with van der Waals surface area (Å²) < 4.78 is 0.864. The van der Waals surface area contributed by atoms with Crippen LogP contribution in [-0.2, 0) is 0 Å². The Labute approximate surface area is 94.3 Å². The van der Waals surface area contributed by atoms with Crippen molar-refractivity contribution in [3.63, 3.8) is 0 Å². The molecule has 1 aromatic heterocycles. The number of nitrogens with zero attached hydrogens (tertiary/aromatic N) is 2. The zero-order valence-electron chi connectivity index (χ0n) is 6.96. The Morgan fingerprint density at radius 2 is 2.14 bits per heavy atom. The zero-order chi connectivity index (χ0) is 10.1. The van der Waals surface area contributed by atoms with Crippen molar-refractivity contribution in [1.82, 2.24) is 4.98 Å². The highest BCUT2D eigenvalue weighted by Gasteiger charge is 2.05. The summed E-state index contributed by atoms with van der Waals surface area (Å²) in [4.78, 5) is 4.00. The van der Waals surface area contributed by atoms with Crippen LogP contribution in [0, 0.1) is 11.3 Å². The second-order valence-corrected chi connectivity index (χ2v) is 4.05. The Bertz CT molecular complexity index is 546. The van der Waals surface area contributed by atoms with Gasteiger partial charge >= 0.3 is 0 Å². The third-order valence-electron chi connectivity index (χ3n) is 1.91. The number of hydrogen-bond donors (Lipinski definition) is 0. The van der Waals surface area contributed by atoms with E-state index in [4.69, 9.17) is 16.9 Å². The number of fused-ring (bicyclic) bond motifs is 1. The molecule has 0 unspecified atom stereocenters. The van der Waals surface area contributed by atoms with Crippen LogP contribution in [0.15, 0.2) is 28.9 Å². The third kappa shape index (κ3) is 1.47. The molecule has 0 N–H and O–H groups in total. The van der Waals surface area contributed by atoms with Crippen molar-refractivity contribution in [2.45, 2.75) is 0 Å². The number of hydrogen-bond acceptors (Lipinski definition) is 2. The highest BCUT2D eigenvalue weighted by molar-refractivity contribution is 9.10. The molecule has 0 fully saturated rings. The highest BCUT2D eigenvalue weighted by atomic mass is 79.9. The minimum absolute atomic E-state index is 0.394. The van der Waals surface area contributed by atoms with Crippen LogP contribution in [0.5, 0.6) is 0 Å². The van der Waals surface area contributed by atoms with E-state index in [2.05, 4.69) is 20.9 Å². The van der Waals surface area contributed by atoms with Crippen LogP contribution < -0.4 is 0 Å². The van der Waals surface area contributed by atoms with Crippen LogP contribution in [0.2, 0.25) is 5.02 Å². The molecule has 1 heterocycles. The van der Waals surface area contributed by atoms with Gasteiger partial charge in [0.2, 0.25) is 0 Å². The monoisotopic (exact) mass is 266 g/mol. The molecule has 0 aliphatic carbocycles. The number of nitriles is 1. The molecule has 0 saturated heterocycles. The van der Waals surface area contributed by atoms with E-state index in [9.17, 15) is 0 Å². The zero-order valence-corrected chi connectivity index (χ0v) is 9.30. The van der Waals surface area contributed by atoms with E-state index in [-0.39, 0.29) is 0 Å². The van der Waals surface area contributed by atoms with E-state index in [1.165, 1.54) is 0 Å². The maximum absolute atomic E-state index is 8.85. The molecule has 0 saturated carbocycles. The maximum Gasteiger partial charge on any atom is 0.148 e. The molecule has 0 radical (unpaired) electrons. The van der Waals surface area contributed by atoms with Gasteiger partial charge in [0, 0.05) is 26.5 Å². The SMILES string of the molecule is N#Cc1ncc(Br)c2ccc(Cl)cc12. The molecule has 0 spiro atoms. The Kier molecular flexibility index (Phi) is 2.40. The highest BCUT2D eigenvalue weighted by Crippen LogP contribution is 2.27. The molecule has 2 rings (SSSR count).